The second-order valence-electron chi connectivity index (χ2n) is 2.69. The first-order valence-electron chi connectivity index (χ1n) is 4.14. The minimum atomic E-state index is -0.0120. The van der Waals surface area contributed by atoms with E-state index in [9.17, 15) is 0 Å². The van der Waals surface area contributed by atoms with Crippen molar-refractivity contribution in [3.05, 3.63) is 39.3 Å². The second kappa shape index (κ2) is 4.95. The highest BCUT2D eigenvalue weighted by Crippen LogP contribution is 2.27. The van der Waals surface area contributed by atoms with E-state index in [4.69, 9.17) is 27.9 Å². The Morgan fingerprint density at radius 2 is 1.62 bits per heavy atom. The highest BCUT2D eigenvalue weighted by atomic mass is 79.9. The van der Waals surface area contributed by atoms with Crippen LogP contribution in [0.4, 0.5) is 0 Å². The van der Waals surface area contributed by atoms with E-state index in [-0.39, 0.29) is 16.6 Å². The summed E-state index contributed by atoms with van der Waals surface area (Å²) in [5, 5.41) is -0.0240. The summed E-state index contributed by atoms with van der Waals surface area (Å²) in [6.07, 6.45) is 0. The van der Waals surface area contributed by atoms with Crippen molar-refractivity contribution in [1.82, 2.24) is 15.0 Å². The molecule has 0 aliphatic rings. The Balaban J connectivity index is 2.30. The summed E-state index contributed by atoms with van der Waals surface area (Å²) in [4.78, 5) is 11.2. The summed E-state index contributed by atoms with van der Waals surface area (Å²) < 4.78 is 6.17. The number of hydrogen-bond acceptors (Lipinski definition) is 4. The van der Waals surface area contributed by atoms with Gasteiger partial charge in [0, 0.05) is 0 Å². The molecular formula is C9H4BrCl2N3O. The molecule has 0 bridgehead atoms. The number of halogens is 3. The van der Waals surface area contributed by atoms with Crippen LogP contribution in [0.1, 0.15) is 0 Å². The van der Waals surface area contributed by atoms with Crippen LogP contribution in [0.2, 0.25) is 10.6 Å². The van der Waals surface area contributed by atoms with E-state index in [0.29, 0.717) is 5.75 Å². The Labute approximate surface area is 110 Å². The van der Waals surface area contributed by atoms with Crippen LogP contribution in [0.25, 0.3) is 0 Å². The van der Waals surface area contributed by atoms with Gasteiger partial charge in [-0.15, -0.1) is 0 Å². The summed E-state index contributed by atoms with van der Waals surface area (Å²) in [5.74, 6) is 0.570. The molecule has 2 rings (SSSR count). The van der Waals surface area contributed by atoms with E-state index in [1.54, 1.807) is 6.07 Å². The Morgan fingerprint density at radius 3 is 2.25 bits per heavy atom. The SMILES string of the molecule is Clc1nc(Cl)nc(Oc2ccccc2Br)n1. The van der Waals surface area contributed by atoms with Crippen molar-refractivity contribution in [2.75, 3.05) is 0 Å². The molecule has 0 unspecified atom stereocenters. The van der Waals surface area contributed by atoms with E-state index in [1.807, 2.05) is 18.2 Å². The molecule has 0 radical (unpaired) electrons. The number of aromatic nitrogens is 3. The zero-order valence-electron chi connectivity index (χ0n) is 7.69. The van der Waals surface area contributed by atoms with Crippen molar-refractivity contribution in [3.63, 3.8) is 0 Å². The van der Waals surface area contributed by atoms with Crippen LogP contribution in [0.5, 0.6) is 11.8 Å². The van der Waals surface area contributed by atoms with Gasteiger partial charge in [-0.25, -0.2) is 0 Å². The molecule has 0 saturated heterocycles. The zero-order chi connectivity index (χ0) is 11.5. The maximum absolute atomic E-state index is 5.62. The first-order valence-corrected chi connectivity index (χ1v) is 5.69. The molecule has 0 aliphatic heterocycles. The lowest BCUT2D eigenvalue weighted by atomic mass is 10.3. The van der Waals surface area contributed by atoms with Crippen molar-refractivity contribution >= 4 is 39.1 Å². The van der Waals surface area contributed by atoms with Crippen LogP contribution < -0.4 is 4.74 Å². The summed E-state index contributed by atoms with van der Waals surface area (Å²) in [6.45, 7) is 0. The fourth-order valence-corrected chi connectivity index (χ4v) is 1.69. The van der Waals surface area contributed by atoms with Gasteiger partial charge in [0.2, 0.25) is 10.6 Å². The van der Waals surface area contributed by atoms with Crippen molar-refractivity contribution in [1.29, 1.82) is 0 Å². The quantitative estimate of drug-likeness (QED) is 0.845. The monoisotopic (exact) mass is 319 g/mol. The maximum atomic E-state index is 5.62. The highest BCUT2D eigenvalue weighted by molar-refractivity contribution is 9.10. The topological polar surface area (TPSA) is 47.9 Å². The summed E-state index contributed by atoms with van der Waals surface area (Å²) in [5.41, 5.74) is 0. The van der Waals surface area contributed by atoms with Crippen LogP contribution >= 0.6 is 39.1 Å². The number of para-hydroxylation sites is 1. The molecule has 2 aromatic rings. The maximum Gasteiger partial charge on any atom is 0.327 e. The number of ether oxygens (including phenoxy) is 1. The predicted octanol–water partition coefficient (Wildman–Crippen LogP) is 3.73. The number of rotatable bonds is 2. The average Bonchev–Trinajstić information content (AvgIpc) is 2.20. The number of nitrogens with zero attached hydrogens (tertiary/aromatic N) is 3. The van der Waals surface area contributed by atoms with Gasteiger partial charge >= 0.3 is 6.01 Å². The average molecular weight is 321 g/mol. The van der Waals surface area contributed by atoms with Gasteiger partial charge in [0.25, 0.3) is 0 Å². The predicted molar refractivity (Wildman–Crippen MR) is 64.1 cm³/mol. The molecule has 0 saturated carbocycles. The van der Waals surface area contributed by atoms with Gasteiger partial charge in [-0.1, -0.05) is 12.1 Å². The summed E-state index contributed by atoms with van der Waals surface area (Å²) >= 11 is 14.6. The zero-order valence-corrected chi connectivity index (χ0v) is 10.8. The summed E-state index contributed by atoms with van der Waals surface area (Å²) in [7, 11) is 0. The van der Waals surface area contributed by atoms with Gasteiger partial charge in [-0.3, -0.25) is 0 Å². The lowest BCUT2D eigenvalue weighted by Crippen LogP contribution is -1.95. The highest BCUT2D eigenvalue weighted by Gasteiger charge is 2.07. The third-order valence-corrected chi connectivity index (χ3v) is 2.59. The minimum Gasteiger partial charge on any atom is -0.423 e. The van der Waals surface area contributed by atoms with Gasteiger partial charge in [-0.2, -0.15) is 15.0 Å². The van der Waals surface area contributed by atoms with Crippen LogP contribution in [-0.2, 0) is 0 Å². The number of hydrogen-bond donors (Lipinski definition) is 0. The molecule has 1 aromatic carbocycles. The lowest BCUT2D eigenvalue weighted by Gasteiger charge is -2.05. The smallest absolute Gasteiger partial charge is 0.327 e. The van der Waals surface area contributed by atoms with Gasteiger partial charge < -0.3 is 4.74 Å². The van der Waals surface area contributed by atoms with Crippen LogP contribution in [0.3, 0.4) is 0 Å². The molecule has 16 heavy (non-hydrogen) atoms. The molecule has 1 aromatic heterocycles. The fourth-order valence-electron chi connectivity index (χ4n) is 0.980. The van der Waals surface area contributed by atoms with Crippen LogP contribution in [-0.4, -0.2) is 15.0 Å². The molecule has 4 nitrogen and oxygen atoms in total. The molecule has 0 aliphatic carbocycles. The van der Waals surface area contributed by atoms with Gasteiger partial charge in [0.1, 0.15) is 5.75 Å². The lowest BCUT2D eigenvalue weighted by molar-refractivity contribution is 0.437. The van der Waals surface area contributed by atoms with E-state index < -0.39 is 0 Å². The van der Waals surface area contributed by atoms with E-state index in [2.05, 4.69) is 30.9 Å². The van der Waals surface area contributed by atoms with Crippen molar-refractivity contribution in [2.45, 2.75) is 0 Å². The standard InChI is InChI=1S/C9H4BrCl2N3O/c10-5-3-1-2-4-6(5)16-9-14-7(11)13-8(12)15-9/h1-4H. The molecule has 0 amide bonds. The van der Waals surface area contributed by atoms with E-state index in [0.717, 1.165) is 4.47 Å². The summed E-state index contributed by atoms with van der Waals surface area (Å²) in [6, 6.07) is 7.33. The normalized spacial score (nSPS) is 10.2. The third-order valence-electron chi connectivity index (χ3n) is 1.60. The first kappa shape index (κ1) is 11.6. The minimum absolute atomic E-state index is 0.0120. The van der Waals surface area contributed by atoms with E-state index in [1.165, 1.54) is 0 Å². The van der Waals surface area contributed by atoms with E-state index >= 15 is 0 Å². The van der Waals surface area contributed by atoms with Gasteiger partial charge in [0.15, 0.2) is 0 Å². The largest absolute Gasteiger partial charge is 0.423 e. The Bertz CT molecular complexity index is 504. The molecular weight excluding hydrogens is 317 g/mol. The van der Waals surface area contributed by atoms with Crippen molar-refractivity contribution in [2.24, 2.45) is 0 Å². The fraction of sp³-hybridized carbons (Fsp3) is 0. The number of benzene rings is 1. The molecule has 1 heterocycles. The van der Waals surface area contributed by atoms with Gasteiger partial charge in [-0.05, 0) is 51.3 Å². The van der Waals surface area contributed by atoms with Crippen molar-refractivity contribution in [3.8, 4) is 11.8 Å². The van der Waals surface area contributed by atoms with Crippen molar-refractivity contribution < 1.29 is 4.74 Å². The molecule has 0 fully saturated rings. The Kier molecular flexibility index (Phi) is 3.58. The van der Waals surface area contributed by atoms with Gasteiger partial charge in [0.05, 0.1) is 4.47 Å². The molecule has 0 spiro atoms. The molecule has 82 valence electrons. The molecule has 0 N–H and O–H groups in total. The molecule has 7 heteroatoms. The molecule has 0 atom stereocenters. The Morgan fingerprint density at radius 1 is 1.00 bits per heavy atom. The van der Waals surface area contributed by atoms with Crippen LogP contribution in [0.15, 0.2) is 28.7 Å². The van der Waals surface area contributed by atoms with Crippen LogP contribution in [0, 0.1) is 0 Å². The third kappa shape index (κ3) is 2.81. The Hall–Kier alpha value is -0.910. The first-order chi connectivity index (χ1) is 7.65. The second-order valence-corrected chi connectivity index (χ2v) is 4.22.